The van der Waals surface area contributed by atoms with E-state index in [1.165, 1.54) is 18.2 Å². The Bertz CT molecular complexity index is 326. The van der Waals surface area contributed by atoms with Crippen LogP contribution in [0.1, 0.15) is 5.76 Å². The number of carbonyl (C=O) groups excluding carboxylic acids is 1. The average Bonchev–Trinajstić information content (AvgIpc) is 2.67. The molecular weight excluding hydrogens is 184 g/mol. The van der Waals surface area contributed by atoms with Crippen LogP contribution >= 0.6 is 0 Å². The summed E-state index contributed by atoms with van der Waals surface area (Å²) in [5, 5.41) is 8.32. The van der Waals surface area contributed by atoms with Gasteiger partial charge in [0.05, 0.1) is 12.3 Å². The molecule has 0 spiro atoms. The fraction of sp³-hybridized carbons (Fsp3) is 0.333. The van der Waals surface area contributed by atoms with Crippen molar-refractivity contribution < 1.29 is 13.9 Å². The molecule has 0 saturated carbocycles. The molecular formula is C9H10N2O3. The predicted molar refractivity (Wildman–Crippen MR) is 47.1 cm³/mol. The summed E-state index contributed by atoms with van der Waals surface area (Å²) in [6, 6.07) is 5.26. The van der Waals surface area contributed by atoms with Gasteiger partial charge in [0.1, 0.15) is 12.3 Å². The quantitative estimate of drug-likeness (QED) is 0.681. The zero-order valence-corrected chi connectivity index (χ0v) is 7.77. The molecule has 1 rings (SSSR count). The molecule has 14 heavy (non-hydrogen) atoms. The highest BCUT2D eigenvalue weighted by Crippen LogP contribution is 2.02. The van der Waals surface area contributed by atoms with Gasteiger partial charge in [0.15, 0.2) is 6.61 Å². The first kappa shape index (κ1) is 10.1. The monoisotopic (exact) mass is 194 g/mol. The number of ether oxygens (including phenoxy) is 1. The Morgan fingerprint density at radius 1 is 1.79 bits per heavy atom. The molecule has 5 nitrogen and oxygen atoms in total. The summed E-state index contributed by atoms with van der Waals surface area (Å²) in [4.78, 5) is 12.3. The van der Waals surface area contributed by atoms with Crippen LogP contribution in [0.15, 0.2) is 22.8 Å². The summed E-state index contributed by atoms with van der Waals surface area (Å²) < 4.78 is 9.81. The normalized spacial score (nSPS) is 9.14. The van der Waals surface area contributed by atoms with Crippen LogP contribution in [0.25, 0.3) is 0 Å². The molecule has 0 saturated heterocycles. The lowest BCUT2D eigenvalue weighted by molar-refractivity contribution is 0.101. The van der Waals surface area contributed by atoms with E-state index < -0.39 is 6.09 Å². The third-order valence-corrected chi connectivity index (χ3v) is 1.54. The van der Waals surface area contributed by atoms with Gasteiger partial charge in [-0.15, -0.1) is 0 Å². The van der Waals surface area contributed by atoms with Gasteiger partial charge in [-0.25, -0.2) is 4.79 Å². The minimum absolute atomic E-state index is 0.0109. The SMILES string of the molecule is CN(CC#N)C(=O)OCc1ccco1. The van der Waals surface area contributed by atoms with Gasteiger partial charge >= 0.3 is 6.09 Å². The molecule has 1 amide bonds. The van der Waals surface area contributed by atoms with Crippen LogP contribution < -0.4 is 0 Å². The summed E-state index contributed by atoms with van der Waals surface area (Å²) >= 11 is 0. The maximum Gasteiger partial charge on any atom is 0.410 e. The lowest BCUT2D eigenvalue weighted by Crippen LogP contribution is -2.27. The lowest BCUT2D eigenvalue weighted by atomic mass is 10.5. The molecule has 0 radical (unpaired) electrons. The van der Waals surface area contributed by atoms with Crippen LogP contribution in [-0.4, -0.2) is 24.6 Å². The maximum absolute atomic E-state index is 11.1. The van der Waals surface area contributed by atoms with Crippen LogP contribution in [0, 0.1) is 11.3 Å². The zero-order valence-electron chi connectivity index (χ0n) is 7.77. The number of hydrogen-bond acceptors (Lipinski definition) is 4. The third kappa shape index (κ3) is 2.83. The van der Waals surface area contributed by atoms with Gasteiger partial charge in [-0.3, -0.25) is 4.90 Å². The van der Waals surface area contributed by atoms with Gasteiger partial charge in [0.25, 0.3) is 0 Å². The summed E-state index contributed by atoms with van der Waals surface area (Å²) in [6.07, 6.45) is 0.963. The Labute approximate surface area is 81.5 Å². The first-order valence-electron chi connectivity index (χ1n) is 4.01. The summed E-state index contributed by atoms with van der Waals surface area (Å²) in [5.74, 6) is 0.573. The van der Waals surface area contributed by atoms with Crippen molar-refractivity contribution in [3.63, 3.8) is 0 Å². The van der Waals surface area contributed by atoms with Crippen molar-refractivity contribution in [2.24, 2.45) is 0 Å². The number of nitriles is 1. The minimum Gasteiger partial charge on any atom is -0.466 e. The van der Waals surface area contributed by atoms with Crippen LogP contribution in [-0.2, 0) is 11.3 Å². The molecule has 5 heteroatoms. The molecule has 0 fully saturated rings. The molecule has 1 aromatic heterocycles. The second-order valence-electron chi connectivity index (χ2n) is 2.65. The fourth-order valence-corrected chi connectivity index (χ4v) is 0.808. The van der Waals surface area contributed by atoms with Gasteiger partial charge in [-0.05, 0) is 12.1 Å². The Hall–Kier alpha value is -1.96. The van der Waals surface area contributed by atoms with E-state index in [9.17, 15) is 4.79 Å². The van der Waals surface area contributed by atoms with E-state index in [1.807, 2.05) is 6.07 Å². The van der Waals surface area contributed by atoms with Crippen molar-refractivity contribution in [1.29, 1.82) is 5.26 Å². The van der Waals surface area contributed by atoms with E-state index in [0.717, 1.165) is 0 Å². The van der Waals surface area contributed by atoms with Gasteiger partial charge in [-0.2, -0.15) is 5.26 Å². The highest BCUT2D eigenvalue weighted by molar-refractivity contribution is 5.67. The van der Waals surface area contributed by atoms with Crippen molar-refractivity contribution >= 4 is 6.09 Å². The van der Waals surface area contributed by atoms with Crippen LogP contribution in [0.5, 0.6) is 0 Å². The number of nitrogens with zero attached hydrogens (tertiary/aromatic N) is 2. The number of amides is 1. The second-order valence-corrected chi connectivity index (χ2v) is 2.65. The number of furan rings is 1. The summed E-state index contributed by atoms with van der Waals surface area (Å²) in [5.41, 5.74) is 0. The summed E-state index contributed by atoms with van der Waals surface area (Å²) in [7, 11) is 1.49. The smallest absolute Gasteiger partial charge is 0.410 e. The van der Waals surface area contributed by atoms with Crippen molar-refractivity contribution in [2.75, 3.05) is 13.6 Å². The number of carbonyl (C=O) groups is 1. The van der Waals surface area contributed by atoms with Crippen molar-refractivity contribution in [3.05, 3.63) is 24.2 Å². The highest BCUT2D eigenvalue weighted by atomic mass is 16.6. The molecule has 1 heterocycles. The molecule has 0 aliphatic carbocycles. The molecule has 0 aliphatic rings. The highest BCUT2D eigenvalue weighted by Gasteiger charge is 2.09. The van der Waals surface area contributed by atoms with Crippen LogP contribution in [0.2, 0.25) is 0 Å². The van der Waals surface area contributed by atoms with Gasteiger partial charge in [-0.1, -0.05) is 0 Å². The molecule has 0 unspecified atom stereocenters. The van der Waals surface area contributed by atoms with Gasteiger partial charge < -0.3 is 9.15 Å². The lowest BCUT2D eigenvalue weighted by Gasteiger charge is -2.11. The van der Waals surface area contributed by atoms with E-state index in [1.54, 1.807) is 12.1 Å². The minimum atomic E-state index is -0.539. The van der Waals surface area contributed by atoms with E-state index in [4.69, 9.17) is 14.4 Å². The molecule has 74 valence electrons. The first-order chi connectivity index (χ1) is 6.74. The zero-order chi connectivity index (χ0) is 10.4. The molecule has 0 N–H and O–H groups in total. The van der Waals surface area contributed by atoms with Crippen LogP contribution in [0.4, 0.5) is 4.79 Å². The molecule has 0 atom stereocenters. The Kier molecular flexibility index (Phi) is 3.56. The van der Waals surface area contributed by atoms with Gasteiger partial charge in [0, 0.05) is 7.05 Å². The largest absolute Gasteiger partial charge is 0.466 e. The standard InChI is InChI=1S/C9H10N2O3/c1-11(5-4-10)9(12)14-7-8-3-2-6-13-8/h2-3,6H,5,7H2,1H3. The average molecular weight is 194 g/mol. The van der Waals surface area contributed by atoms with Gasteiger partial charge in [0.2, 0.25) is 0 Å². The fourth-order valence-electron chi connectivity index (χ4n) is 0.808. The predicted octanol–water partition coefficient (Wildman–Crippen LogP) is 1.37. The topological polar surface area (TPSA) is 66.5 Å². The Morgan fingerprint density at radius 2 is 2.57 bits per heavy atom. The maximum atomic E-state index is 11.1. The molecule has 1 aromatic rings. The molecule has 0 bridgehead atoms. The summed E-state index contributed by atoms with van der Waals surface area (Å²) in [6.45, 7) is 0.0958. The number of hydrogen-bond donors (Lipinski definition) is 0. The Morgan fingerprint density at radius 3 is 3.14 bits per heavy atom. The van der Waals surface area contributed by atoms with Crippen molar-refractivity contribution in [2.45, 2.75) is 6.61 Å². The Balaban J connectivity index is 2.32. The number of rotatable bonds is 3. The third-order valence-electron chi connectivity index (χ3n) is 1.54. The molecule has 0 aromatic carbocycles. The molecule has 0 aliphatic heterocycles. The van der Waals surface area contributed by atoms with Crippen molar-refractivity contribution in [3.8, 4) is 6.07 Å². The van der Waals surface area contributed by atoms with Crippen LogP contribution in [0.3, 0.4) is 0 Å². The van der Waals surface area contributed by atoms with E-state index in [0.29, 0.717) is 5.76 Å². The van der Waals surface area contributed by atoms with Crippen molar-refractivity contribution in [1.82, 2.24) is 4.90 Å². The van der Waals surface area contributed by atoms with E-state index in [2.05, 4.69) is 0 Å². The first-order valence-corrected chi connectivity index (χ1v) is 4.01. The van der Waals surface area contributed by atoms with E-state index >= 15 is 0 Å². The van der Waals surface area contributed by atoms with E-state index in [-0.39, 0.29) is 13.2 Å². The second kappa shape index (κ2) is 4.92.